The number of piperazine rings is 1. The molecule has 2 aliphatic heterocycles. The lowest BCUT2D eigenvalue weighted by Gasteiger charge is -2.41. The van der Waals surface area contributed by atoms with Crippen LogP contribution in [0.1, 0.15) is 12.8 Å². The third-order valence-corrected chi connectivity index (χ3v) is 4.71. The van der Waals surface area contributed by atoms with E-state index in [9.17, 15) is 19.7 Å². The highest BCUT2D eigenvalue weighted by Gasteiger charge is 2.31. The third-order valence-electron chi connectivity index (χ3n) is 4.71. The van der Waals surface area contributed by atoms with Gasteiger partial charge < -0.3 is 19.9 Å². The highest BCUT2D eigenvalue weighted by atomic mass is 16.6. The van der Waals surface area contributed by atoms with E-state index in [2.05, 4.69) is 5.32 Å². The Hall–Kier alpha value is -2.68. The number of carbonyl (C=O) groups excluding carboxylic acids is 2. The number of rotatable bonds is 5. The number of hydrogen-bond donors (Lipinski definition) is 1. The molecule has 1 unspecified atom stereocenters. The molecule has 0 saturated carbocycles. The molecular weight excluding hydrogens is 340 g/mol. The van der Waals surface area contributed by atoms with Crippen molar-refractivity contribution in [3.63, 3.8) is 0 Å². The maximum absolute atomic E-state index is 12.5. The van der Waals surface area contributed by atoms with Gasteiger partial charge in [0.2, 0.25) is 5.91 Å². The summed E-state index contributed by atoms with van der Waals surface area (Å²) in [5.74, 6) is 0.186. The first-order valence-corrected chi connectivity index (χ1v) is 8.70. The van der Waals surface area contributed by atoms with Crippen LogP contribution in [0.4, 0.5) is 5.69 Å². The van der Waals surface area contributed by atoms with Crippen molar-refractivity contribution >= 4 is 17.5 Å². The van der Waals surface area contributed by atoms with Crippen molar-refractivity contribution in [2.75, 3.05) is 39.3 Å². The minimum Gasteiger partial charge on any atom is -0.484 e. The molecule has 1 aromatic carbocycles. The molecule has 9 heteroatoms. The number of benzene rings is 1. The van der Waals surface area contributed by atoms with Gasteiger partial charge >= 0.3 is 0 Å². The molecule has 0 bridgehead atoms. The van der Waals surface area contributed by atoms with Gasteiger partial charge in [-0.05, 0) is 18.9 Å². The highest BCUT2D eigenvalue weighted by molar-refractivity contribution is 5.80. The van der Waals surface area contributed by atoms with Gasteiger partial charge in [0.25, 0.3) is 11.6 Å². The van der Waals surface area contributed by atoms with Crippen LogP contribution in [-0.2, 0) is 9.59 Å². The number of nitro groups is 1. The SMILES string of the molecule is O=C(COc1cccc([N+](=O)[O-])c1)N1CCCC(N2CCNCC2=O)C1. The second-order valence-electron chi connectivity index (χ2n) is 6.44. The van der Waals surface area contributed by atoms with E-state index in [1.54, 1.807) is 11.0 Å². The predicted octanol–water partition coefficient (Wildman–Crippen LogP) is 0.396. The molecule has 1 atom stereocenters. The Bertz CT molecular complexity index is 695. The number of amides is 2. The average molecular weight is 362 g/mol. The molecule has 1 N–H and O–H groups in total. The molecule has 2 fully saturated rings. The molecule has 2 aliphatic rings. The second-order valence-corrected chi connectivity index (χ2v) is 6.44. The summed E-state index contributed by atoms with van der Waals surface area (Å²) in [5.41, 5.74) is -0.0785. The van der Waals surface area contributed by atoms with Gasteiger partial charge in [-0.3, -0.25) is 19.7 Å². The normalized spacial score (nSPS) is 20.8. The summed E-state index contributed by atoms with van der Waals surface area (Å²) < 4.78 is 5.43. The molecule has 140 valence electrons. The van der Waals surface area contributed by atoms with Gasteiger partial charge in [-0.25, -0.2) is 0 Å². The topological polar surface area (TPSA) is 105 Å². The van der Waals surface area contributed by atoms with Crippen molar-refractivity contribution in [1.29, 1.82) is 0 Å². The number of piperidine rings is 1. The van der Waals surface area contributed by atoms with Crippen molar-refractivity contribution < 1.29 is 19.2 Å². The van der Waals surface area contributed by atoms with E-state index in [0.717, 1.165) is 19.4 Å². The van der Waals surface area contributed by atoms with Crippen molar-refractivity contribution in [1.82, 2.24) is 15.1 Å². The molecule has 0 aromatic heterocycles. The smallest absolute Gasteiger partial charge is 0.273 e. The molecule has 2 heterocycles. The standard InChI is InChI=1S/C17H22N4O5/c22-16-10-18-6-8-20(16)14-4-2-7-19(11-14)17(23)12-26-15-5-1-3-13(9-15)21(24)25/h1,3,5,9,14,18H,2,4,6-8,10-12H2. The van der Waals surface area contributed by atoms with E-state index in [1.807, 2.05) is 4.90 Å². The first-order valence-electron chi connectivity index (χ1n) is 8.70. The average Bonchev–Trinajstić information content (AvgIpc) is 2.67. The summed E-state index contributed by atoms with van der Waals surface area (Å²) >= 11 is 0. The molecule has 2 amide bonds. The summed E-state index contributed by atoms with van der Waals surface area (Å²) in [6.07, 6.45) is 1.73. The molecule has 26 heavy (non-hydrogen) atoms. The van der Waals surface area contributed by atoms with Gasteiger partial charge in [0.15, 0.2) is 6.61 Å². The molecule has 9 nitrogen and oxygen atoms in total. The van der Waals surface area contributed by atoms with Crippen molar-refractivity contribution in [2.24, 2.45) is 0 Å². The Morgan fingerprint density at radius 2 is 2.23 bits per heavy atom. The number of ether oxygens (including phenoxy) is 1. The molecule has 1 aromatic rings. The summed E-state index contributed by atoms with van der Waals surface area (Å²) in [5, 5.41) is 13.8. The number of non-ortho nitro benzene ring substituents is 1. The fourth-order valence-corrected chi connectivity index (χ4v) is 3.37. The zero-order valence-corrected chi connectivity index (χ0v) is 14.4. The van der Waals surface area contributed by atoms with E-state index in [1.165, 1.54) is 18.2 Å². The molecule has 0 spiro atoms. The van der Waals surface area contributed by atoms with Gasteiger partial charge in [0.1, 0.15) is 5.75 Å². The fraction of sp³-hybridized carbons (Fsp3) is 0.529. The molecule has 0 radical (unpaired) electrons. The van der Waals surface area contributed by atoms with Crippen LogP contribution in [0.15, 0.2) is 24.3 Å². The Morgan fingerprint density at radius 3 is 3.00 bits per heavy atom. The first-order chi connectivity index (χ1) is 12.5. The number of nitrogens with zero attached hydrogens (tertiary/aromatic N) is 3. The summed E-state index contributed by atoms with van der Waals surface area (Å²) in [7, 11) is 0. The Kier molecular flexibility index (Phi) is 5.67. The minimum absolute atomic E-state index is 0.0418. The van der Waals surface area contributed by atoms with Crippen LogP contribution in [0.25, 0.3) is 0 Å². The van der Waals surface area contributed by atoms with Crippen LogP contribution < -0.4 is 10.1 Å². The predicted molar refractivity (Wildman–Crippen MR) is 92.8 cm³/mol. The van der Waals surface area contributed by atoms with Gasteiger partial charge in [0, 0.05) is 38.3 Å². The summed E-state index contributed by atoms with van der Waals surface area (Å²) in [6.45, 7) is 2.74. The molecule has 3 rings (SSSR count). The van der Waals surface area contributed by atoms with Crippen LogP contribution >= 0.6 is 0 Å². The van der Waals surface area contributed by atoms with E-state index in [0.29, 0.717) is 31.9 Å². The number of nitrogens with one attached hydrogen (secondary N) is 1. The van der Waals surface area contributed by atoms with Gasteiger partial charge in [-0.15, -0.1) is 0 Å². The minimum atomic E-state index is -0.506. The van der Waals surface area contributed by atoms with Gasteiger partial charge in [0.05, 0.1) is 17.5 Å². The Balaban J connectivity index is 1.55. The van der Waals surface area contributed by atoms with Crippen molar-refractivity contribution in [2.45, 2.75) is 18.9 Å². The monoisotopic (exact) mass is 362 g/mol. The quantitative estimate of drug-likeness (QED) is 0.600. The number of carbonyl (C=O) groups is 2. The lowest BCUT2D eigenvalue weighted by Crippen LogP contribution is -2.57. The largest absolute Gasteiger partial charge is 0.484 e. The lowest BCUT2D eigenvalue weighted by molar-refractivity contribution is -0.384. The van der Waals surface area contributed by atoms with E-state index < -0.39 is 4.92 Å². The number of likely N-dealkylation sites (tertiary alicyclic amines) is 1. The zero-order chi connectivity index (χ0) is 18.5. The zero-order valence-electron chi connectivity index (χ0n) is 14.4. The summed E-state index contributed by atoms with van der Waals surface area (Å²) in [6, 6.07) is 5.81. The summed E-state index contributed by atoms with van der Waals surface area (Å²) in [4.78, 5) is 38.4. The first kappa shape index (κ1) is 18.1. The molecule has 2 saturated heterocycles. The van der Waals surface area contributed by atoms with E-state index >= 15 is 0 Å². The van der Waals surface area contributed by atoms with Crippen molar-refractivity contribution in [3.8, 4) is 5.75 Å². The van der Waals surface area contributed by atoms with Crippen molar-refractivity contribution in [3.05, 3.63) is 34.4 Å². The van der Waals surface area contributed by atoms with E-state index in [-0.39, 0.29) is 30.2 Å². The molecular formula is C17H22N4O5. The van der Waals surface area contributed by atoms with Crippen LogP contribution in [-0.4, -0.2) is 71.9 Å². The Labute approximate surface area is 151 Å². The number of nitro benzene ring substituents is 1. The molecule has 0 aliphatic carbocycles. The van der Waals surface area contributed by atoms with Crippen LogP contribution in [0, 0.1) is 10.1 Å². The van der Waals surface area contributed by atoms with Crippen LogP contribution in [0.2, 0.25) is 0 Å². The van der Waals surface area contributed by atoms with Crippen LogP contribution in [0.5, 0.6) is 5.75 Å². The maximum Gasteiger partial charge on any atom is 0.273 e. The number of hydrogen-bond acceptors (Lipinski definition) is 6. The van der Waals surface area contributed by atoms with Gasteiger partial charge in [-0.2, -0.15) is 0 Å². The van der Waals surface area contributed by atoms with Gasteiger partial charge in [-0.1, -0.05) is 6.07 Å². The third kappa shape index (κ3) is 4.29. The highest BCUT2D eigenvalue weighted by Crippen LogP contribution is 2.20. The maximum atomic E-state index is 12.5. The Morgan fingerprint density at radius 1 is 1.38 bits per heavy atom. The second kappa shape index (κ2) is 8.13. The van der Waals surface area contributed by atoms with E-state index in [4.69, 9.17) is 4.74 Å². The van der Waals surface area contributed by atoms with Crippen LogP contribution in [0.3, 0.4) is 0 Å². The fourth-order valence-electron chi connectivity index (χ4n) is 3.37. The lowest BCUT2D eigenvalue weighted by atomic mass is 10.0.